The predicted octanol–water partition coefficient (Wildman–Crippen LogP) is 4.39. The Labute approximate surface area is 184 Å². The van der Waals surface area contributed by atoms with Crippen molar-refractivity contribution in [3.05, 3.63) is 64.0 Å². The maximum Gasteiger partial charge on any atom is 0.354 e. The highest BCUT2D eigenvalue weighted by molar-refractivity contribution is 7.18. The molecule has 0 aliphatic heterocycles. The van der Waals surface area contributed by atoms with Gasteiger partial charge in [0, 0.05) is 17.1 Å². The number of hydrogen-bond acceptors (Lipinski definition) is 8. The van der Waals surface area contributed by atoms with E-state index in [9.17, 15) is 14.4 Å². The molecule has 0 bridgehead atoms. The monoisotopic (exact) mass is 456 g/mol. The first-order valence-electron chi connectivity index (χ1n) is 8.94. The second-order valence-electron chi connectivity index (χ2n) is 6.34. The van der Waals surface area contributed by atoms with Gasteiger partial charge >= 0.3 is 5.97 Å². The van der Waals surface area contributed by atoms with Gasteiger partial charge in [0.25, 0.3) is 11.8 Å². The summed E-state index contributed by atoms with van der Waals surface area (Å²) in [6.07, 6.45) is 3.06. The molecule has 4 aromatic heterocycles. The number of furan rings is 1. The van der Waals surface area contributed by atoms with Gasteiger partial charge in [-0.3, -0.25) is 14.9 Å². The molecule has 0 fully saturated rings. The van der Waals surface area contributed by atoms with Crippen molar-refractivity contribution in [2.45, 2.75) is 6.92 Å². The molecule has 31 heavy (non-hydrogen) atoms. The lowest BCUT2D eigenvalue weighted by molar-refractivity contribution is 0.0594. The molecular weight excluding hydrogens is 440 g/mol. The molecule has 4 heterocycles. The van der Waals surface area contributed by atoms with E-state index in [1.165, 1.54) is 24.7 Å². The number of aromatic amines is 1. The number of carbonyl (C=O) groups is 3. The van der Waals surface area contributed by atoms with Crippen molar-refractivity contribution in [3.63, 3.8) is 0 Å². The molecule has 3 N–H and O–H groups in total. The number of hydrogen-bond donors (Lipinski definition) is 3. The number of rotatable bonds is 6. The molecule has 0 aromatic carbocycles. The highest BCUT2D eigenvalue weighted by atomic mass is 32.1. The number of thiazole rings is 1. The van der Waals surface area contributed by atoms with Crippen molar-refractivity contribution >= 4 is 50.6 Å². The molecule has 4 rings (SSSR count). The molecule has 11 heteroatoms. The van der Waals surface area contributed by atoms with Crippen LogP contribution in [0.25, 0.3) is 11.3 Å². The third kappa shape index (κ3) is 4.42. The number of ether oxygens (including phenoxy) is 1. The first kappa shape index (κ1) is 20.6. The van der Waals surface area contributed by atoms with E-state index < -0.39 is 5.97 Å². The molecule has 0 saturated carbocycles. The van der Waals surface area contributed by atoms with E-state index in [0.717, 1.165) is 16.9 Å². The van der Waals surface area contributed by atoms with Gasteiger partial charge in [-0.25, -0.2) is 9.78 Å². The van der Waals surface area contributed by atoms with Crippen LogP contribution in [-0.4, -0.2) is 34.9 Å². The summed E-state index contributed by atoms with van der Waals surface area (Å²) in [4.78, 5) is 44.1. The summed E-state index contributed by atoms with van der Waals surface area (Å²) in [5.41, 5.74) is 2.35. The fraction of sp³-hybridized carbons (Fsp3) is 0.100. The maximum atomic E-state index is 12.7. The summed E-state index contributed by atoms with van der Waals surface area (Å²) in [7, 11) is 1.31. The molecule has 9 nitrogen and oxygen atoms in total. The topological polar surface area (TPSA) is 126 Å². The second kappa shape index (κ2) is 8.58. The van der Waals surface area contributed by atoms with Crippen LogP contribution in [0.5, 0.6) is 0 Å². The van der Waals surface area contributed by atoms with Gasteiger partial charge < -0.3 is 19.5 Å². The molecule has 158 valence electrons. The summed E-state index contributed by atoms with van der Waals surface area (Å²) >= 11 is 2.42. The number of thiophene rings is 1. The van der Waals surface area contributed by atoms with Crippen LogP contribution in [0.3, 0.4) is 0 Å². The van der Waals surface area contributed by atoms with Crippen LogP contribution < -0.4 is 10.6 Å². The van der Waals surface area contributed by atoms with Crippen LogP contribution in [0.4, 0.5) is 10.1 Å². The van der Waals surface area contributed by atoms with Crippen LogP contribution in [0, 0.1) is 6.92 Å². The molecule has 0 atom stereocenters. The SMILES string of the molecule is COC(=O)c1cc(-c2csc(NC(=O)c3sc(NC(=O)c4ccco4)cc3C)n2)c[nH]1. The van der Waals surface area contributed by atoms with Crippen LogP contribution in [0.1, 0.15) is 36.3 Å². The molecule has 4 aromatic rings. The van der Waals surface area contributed by atoms with Crippen LogP contribution >= 0.6 is 22.7 Å². The number of methoxy groups -OCH3 is 1. The minimum Gasteiger partial charge on any atom is -0.464 e. The van der Waals surface area contributed by atoms with Gasteiger partial charge in [0.2, 0.25) is 0 Å². The Kier molecular flexibility index (Phi) is 5.69. The van der Waals surface area contributed by atoms with E-state index in [1.54, 1.807) is 42.8 Å². The van der Waals surface area contributed by atoms with Crippen molar-refractivity contribution in [1.29, 1.82) is 0 Å². The van der Waals surface area contributed by atoms with Gasteiger partial charge in [0.05, 0.1) is 28.9 Å². The highest BCUT2D eigenvalue weighted by Gasteiger charge is 2.18. The zero-order chi connectivity index (χ0) is 22.0. The lowest BCUT2D eigenvalue weighted by Crippen LogP contribution is -2.11. The lowest BCUT2D eigenvalue weighted by Gasteiger charge is -2.00. The first-order chi connectivity index (χ1) is 14.9. The zero-order valence-corrected chi connectivity index (χ0v) is 18.0. The molecule has 0 unspecified atom stereocenters. The molecule has 2 amide bonds. The van der Waals surface area contributed by atoms with Gasteiger partial charge in [-0.2, -0.15) is 0 Å². The van der Waals surface area contributed by atoms with Crippen LogP contribution in [0.2, 0.25) is 0 Å². The van der Waals surface area contributed by atoms with Crippen molar-refractivity contribution in [1.82, 2.24) is 9.97 Å². The standard InChI is InChI=1S/C20H16N4O5S2/c1-10-6-15(23-17(25)14-4-3-5-29-14)31-16(10)18(26)24-20-22-13(9-30-20)11-7-12(21-8-11)19(27)28-2/h3-9,21H,1-2H3,(H,23,25)(H,22,24,26). The third-order valence-electron chi connectivity index (χ3n) is 4.21. The Hall–Kier alpha value is -3.70. The quantitative estimate of drug-likeness (QED) is 0.369. The lowest BCUT2D eigenvalue weighted by atomic mass is 10.2. The fourth-order valence-corrected chi connectivity index (χ4v) is 4.42. The fourth-order valence-electron chi connectivity index (χ4n) is 2.74. The van der Waals surface area contributed by atoms with Crippen molar-refractivity contribution in [2.75, 3.05) is 17.7 Å². The highest BCUT2D eigenvalue weighted by Crippen LogP contribution is 2.30. The van der Waals surface area contributed by atoms with E-state index in [2.05, 4.69) is 25.3 Å². The molecular formula is C20H16N4O5S2. The number of esters is 1. The Morgan fingerprint density at radius 3 is 2.77 bits per heavy atom. The zero-order valence-electron chi connectivity index (χ0n) is 16.3. The summed E-state index contributed by atoms with van der Waals surface area (Å²) in [5, 5.41) is 8.21. The molecule has 0 spiro atoms. The molecule has 0 radical (unpaired) electrons. The minimum absolute atomic E-state index is 0.187. The van der Waals surface area contributed by atoms with Gasteiger partial charge in [-0.05, 0) is 36.8 Å². The number of aromatic nitrogens is 2. The molecule has 0 aliphatic carbocycles. The van der Waals surface area contributed by atoms with E-state index >= 15 is 0 Å². The summed E-state index contributed by atoms with van der Waals surface area (Å²) in [6, 6.07) is 6.54. The number of anilines is 2. The normalized spacial score (nSPS) is 10.6. The Bertz CT molecular complexity index is 1250. The maximum absolute atomic E-state index is 12.7. The number of carbonyl (C=O) groups excluding carboxylic acids is 3. The molecule has 0 saturated heterocycles. The van der Waals surface area contributed by atoms with Crippen LogP contribution in [-0.2, 0) is 4.74 Å². The smallest absolute Gasteiger partial charge is 0.354 e. The number of nitrogens with one attached hydrogen (secondary N) is 3. The largest absolute Gasteiger partial charge is 0.464 e. The Morgan fingerprint density at radius 2 is 2.03 bits per heavy atom. The number of H-pyrrole nitrogens is 1. The van der Waals surface area contributed by atoms with Crippen LogP contribution in [0.15, 0.2) is 46.5 Å². The van der Waals surface area contributed by atoms with Crippen molar-refractivity contribution in [3.8, 4) is 11.3 Å². The van der Waals surface area contributed by atoms with E-state index in [-0.39, 0.29) is 17.6 Å². The Morgan fingerprint density at radius 1 is 1.19 bits per heavy atom. The number of aryl methyl sites for hydroxylation is 1. The Balaban J connectivity index is 1.44. The third-order valence-corrected chi connectivity index (χ3v) is 6.12. The minimum atomic E-state index is -0.474. The second-order valence-corrected chi connectivity index (χ2v) is 8.25. The van der Waals surface area contributed by atoms with Gasteiger partial charge in [-0.1, -0.05) is 0 Å². The van der Waals surface area contributed by atoms with E-state index in [1.807, 2.05) is 0 Å². The van der Waals surface area contributed by atoms with Gasteiger partial charge in [-0.15, -0.1) is 22.7 Å². The van der Waals surface area contributed by atoms with Gasteiger partial charge in [0.15, 0.2) is 10.9 Å². The molecule has 0 aliphatic rings. The van der Waals surface area contributed by atoms with Crippen molar-refractivity contribution in [2.24, 2.45) is 0 Å². The number of nitrogens with zero attached hydrogens (tertiary/aromatic N) is 1. The average molecular weight is 457 g/mol. The first-order valence-corrected chi connectivity index (χ1v) is 10.6. The summed E-state index contributed by atoms with van der Waals surface area (Å²) in [6.45, 7) is 1.79. The average Bonchev–Trinajstić information content (AvgIpc) is 3.53. The number of amides is 2. The summed E-state index contributed by atoms with van der Waals surface area (Å²) < 4.78 is 9.74. The van der Waals surface area contributed by atoms with Crippen molar-refractivity contribution < 1.29 is 23.5 Å². The van der Waals surface area contributed by atoms with E-state index in [4.69, 9.17) is 4.42 Å². The van der Waals surface area contributed by atoms with Gasteiger partial charge in [0.1, 0.15) is 5.69 Å². The van der Waals surface area contributed by atoms with E-state index in [0.29, 0.717) is 32.0 Å². The predicted molar refractivity (Wildman–Crippen MR) is 117 cm³/mol. The summed E-state index contributed by atoms with van der Waals surface area (Å²) in [5.74, 6) is -1.00.